The Balaban J connectivity index is 1.59. The van der Waals surface area contributed by atoms with Crippen molar-refractivity contribution in [1.29, 1.82) is 0 Å². The quantitative estimate of drug-likeness (QED) is 0.766. The van der Waals surface area contributed by atoms with Crippen LogP contribution in [0.2, 0.25) is 0 Å². The third-order valence-electron chi connectivity index (χ3n) is 4.63. The van der Waals surface area contributed by atoms with E-state index in [0.717, 1.165) is 33.5 Å². The number of rotatable bonds is 4. The van der Waals surface area contributed by atoms with Crippen LogP contribution in [0.5, 0.6) is 0 Å². The molecule has 7 heteroatoms. The summed E-state index contributed by atoms with van der Waals surface area (Å²) < 4.78 is 25.8. The summed E-state index contributed by atoms with van der Waals surface area (Å²) in [6.45, 7) is 3.15. The monoisotopic (exact) mass is 368 g/mol. The highest BCUT2D eigenvalue weighted by molar-refractivity contribution is 7.93. The van der Waals surface area contributed by atoms with Crippen LogP contribution in [-0.4, -0.2) is 30.7 Å². The van der Waals surface area contributed by atoms with Crippen LogP contribution < -0.4 is 9.62 Å². The van der Waals surface area contributed by atoms with Crippen molar-refractivity contribution in [1.82, 2.24) is 9.97 Å². The van der Waals surface area contributed by atoms with Crippen molar-refractivity contribution in [3.8, 4) is 0 Å². The molecular formula is C19H20N4O2S. The first-order valence-corrected chi connectivity index (χ1v) is 10.2. The molecule has 1 aliphatic rings. The van der Waals surface area contributed by atoms with E-state index in [1.165, 1.54) is 4.31 Å². The first-order chi connectivity index (χ1) is 12.5. The molecule has 2 heterocycles. The van der Waals surface area contributed by atoms with Gasteiger partial charge < -0.3 is 5.32 Å². The summed E-state index contributed by atoms with van der Waals surface area (Å²) in [6.07, 6.45) is 2.23. The zero-order valence-electron chi connectivity index (χ0n) is 14.5. The summed E-state index contributed by atoms with van der Waals surface area (Å²) >= 11 is 0. The van der Waals surface area contributed by atoms with E-state index < -0.39 is 10.0 Å². The zero-order chi connectivity index (χ0) is 18.1. The van der Waals surface area contributed by atoms with Crippen LogP contribution in [0.3, 0.4) is 0 Å². The van der Waals surface area contributed by atoms with Crippen molar-refractivity contribution in [2.24, 2.45) is 0 Å². The molecule has 0 aliphatic carbocycles. The number of hydrogen-bond donors (Lipinski definition) is 1. The Kier molecular flexibility index (Phi) is 4.24. The van der Waals surface area contributed by atoms with Crippen molar-refractivity contribution in [3.63, 3.8) is 0 Å². The minimum absolute atomic E-state index is 0.224. The lowest BCUT2D eigenvalue weighted by atomic mass is 10.1. The summed E-state index contributed by atoms with van der Waals surface area (Å²) in [5.74, 6) is 1.01. The molecule has 0 radical (unpaired) electrons. The molecule has 6 nitrogen and oxygen atoms in total. The molecule has 134 valence electrons. The van der Waals surface area contributed by atoms with E-state index in [4.69, 9.17) is 0 Å². The lowest BCUT2D eigenvalue weighted by Gasteiger charge is -2.18. The number of nitrogens with one attached hydrogen (secondary N) is 1. The molecule has 0 bridgehead atoms. The van der Waals surface area contributed by atoms with Crippen LogP contribution in [0, 0.1) is 6.92 Å². The van der Waals surface area contributed by atoms with Crippen LogP contribution >= 0.6 is 0 Å². The molecule has 2 aromatic carbocycles. The SMILES string of the molecule is Cc1cccc2ncnc(NCc3cccc(N4CCCS4(=O)=O)c3)c12. The van der Waals surface area contributed by atoms with Crippen molar-refractivity contribution in [3.05, 3.63) is 59.9 Å². The molecule has 4 rings (SSSR count). The minimum Gasteiger partial charge on any atom is -0.365 e. The summed E-state index contributed by atoms with van der Waals surface area (Å²) in [5.41, 5.74) is 3.75. The van der Waals surface area contributed by atoms with E-state index in [0.29, 0.717) is 19.5 Å². The molecule has 0 spiro atoms. The first-order valence-electron chi connectivity index (χ1n) is 8.58. The topological polar surface area (TPSA) is 75.2 Å². The van der Waals surface area contributed by atoms with Crippen molar-refractivity contribution in [2.45, 2.75) is 19.9 Å². The molecule has 0 atom stereocenters. The second-order valence-corrected chi connectivity index (χ2v) is 8.47. The van der Waals surface area contributed by atoms with Gasteiger partial charge in [-0.3, -0.25) is 4.31 Å². The maximum atomic E-state index is 12.1. The van der Waals surface area contributed by atoms with Gasteiger partial charge in [0.25, 0.3) is 0 Å². The smallest absolute Gasteiger partial charge is 0.235 e. The lowest BCUT2D eigenvalue weighted by Crippen LogP contribution is -2.25. The summed E-state index contributed by atoms with van der Waals surface area (Å²) in [4.78, 5) is 8.69. The minimum atomic E-state index is -3.17. The van der Waals surface area contributed by atoms with E-state index in [-0.39, 0.29) is 5.75 Å². The molecule has 1 aliphatic heterocycles. The first kappa shape index (κ1) is 16.8. The molecule has 1 saturated heterocycles. The Morgan fingerprint density at radius 3 is 2.81 bits per heavy atom. The fourth-order valence-electron chi connectivity index (χ4n) is 3.35. The van der Waals surface area contributed by atoms with Crippen molar-refractivity contribution >= 4 is 32.4 Å². The number of aryl methyl sites for hydroxylation is 1. The number of anilines is 2. The van der Waals surface area contributed by atoms with Crippen molar-refractivity contribution in [2.75, 3.05) is 21.9 Å². The van der Waals surface area contributed by atoms with Crippen LogP contribution in [-0.2, 0) is 16.6 Å². The largest absolute Gasteiger partial charge is 0.365 e. The average molecular weight is 368 g/mol. The predicted molar refractivity (Wildman–Crippen MR) is 104 cm³/mol. The van der Waals surface area contributed by atoms with Gasteiger partial charge in [-0.1, -0.05) is 24.3 Å². The van der Waals surface area contributed by atoms with E-state index >= 15 is 0 Å². The maximum Gasteiger partial charge on any atom is 0.235 e. The summed E-state index contributed by atoms with van der Waals surface area (Å²) in [5, 5.41) is 4.37. The Bertz CT molecular complexity index is 1060. The van der Waals surface area contributed by atoms with Gasteiger partial charge in [-0.25, -0.2) is 18.4 Å². The second kappa shape index (κ2) is 6.57. The second-order valence-electron chi connectivity index (χ2n) is 6.46. The summed E-state index contributed by atoms with van der Waals surface area (Å²) in [7, 11) is -3.17. The van der Waals surface area contributed by atoms with Gasteiger partial charge in [0.1, 0.15) is 12.1 Å². The van der Waals surface area contributed by atoms with Gasteiger partial charge in [-0.15, -0.1) is 0 Å². The highest BCUT2D eigenvalue weighted by Crippen LogP contribution is 2.26. The standard InChI is InChI=1S/C19H20N4O2S/c1-14-5-2-8-17-18(14)19(22-13-21-17)20-12-15-6-3-7-16(11-15)23-9-4-10-26(23,24)25/h2-3,5-8,11,13H,4,9-10,12H2,1H3,(H,20,21,22). The van der Waals surface area contributed by atoms with Gasteiger partial charge in [0.15, 0.2) is 0 Å². The Morgan fingerprint density at radius 2 is 2.00 bits per heavy atom. The summed E-state index contributed by atoms with van der Waals surface area (Å²) in [6, 6.07) is 13.6. The number of fused-ring (bicyclic) bond motifs is 1. The normalized spacial score (nSPS) is 16.1. The van der Waals surface area contributed by atoms with Gasteiger partial charge in [0, 0.05) is 18.5 Å². The highest BCUT2D eigenvalue weighted by Gasteiger charge is 2.28. The highest BCUT2D eigenvalue weighted by atomic mass is 32.2. The molecule has 1 aromatic heterocycles. The van der Waals surface area contributed by atoms with Crippen molar-refractivity contribution < 1.29 is 8.42 Å². The van der Waals surface area contributed by atoms with Crippen LogP contribution in [0.4, 0.5) is 11.5 Å². The molecule has 1 fully saturated rings. The van der Waals surface area contributed by atoms with Gasteiger partial charge in [-0.05, 0) is 42.7 Å². The molecule has 3 aromatic rings. The van der Waals surface area contributed by atoms with Gasteiger partial charge in [0.2, 0.25) is 10.0 Å². The number of aromatic nitrogens is 2. The van der Waals surface area contributed by atoms with E-state index in [1.54, 1.807) is 6.33 Å². The number of benzene rings is 2. The lowest BCUT2D eigenvalue weighted by molar-refractivity contribution is 0.599. The molecule has 0 amide bonds. The molecular weight excluding hydrogens is 348 g/mol. The van der Waals surface area contributed by atoms with Gasteiger partial charge in [-0.2, -0.15) is 0 Å². The van der Waals surface area contributed by atoms with E-state index in [1.807, 2.05) is 49.4 Å². The number of sulfonamides is 1. The molecule has 26 heavy (non-hydrogen) atoms. The molecule has 0 saturated carbocycles. The fourth-order valence-corrected chi connectivity index (χ4v) is 4.91. The third-order valence-corrected chi connectivity index (χ3v) is 6.50. The zero-order valence-corrected chi connectivity index (χ0v) is 15.3. The van der Waals surface area contributed by atoms with Gasteiger partial charge >= 0.3 is 0 Å². The molecule has 0 unspecified atom stereocenters. The predicted octanol–water partition coefficient (Wildman–Crippen LogP) is 3.09. The van der Waals surface area contributed by atoms with Crippen LogP contribution in [0.25, 0.3) is 10.9 Å². The fraction of sp³-hybridized carbons (Fsp3) is 0.263. The third kappa shape index (κ3) is 3.10. The Hall–Kier alpha value is -2.67. The maximum absolute atomic E-state index is 12.1. The van der Waals surface area contributed by atoms with Crippen LogP contribution in [0.15, 0.2) is 48.8 Å². The van der Waals surface area contributed by atoms with Crippen LogP contribution in [0.1, 0.15) is 17.5 Å². The number of nitrogens with zero attached hydrogens (tertiary/aromatic N) is 3. The van der Waals surface area contributed by atoms with E-state index in [2.05, 4.69) is 15.3 Å². The molecule has 1 N–H and O–H groups in total. The van der Waals surface area contributed by atoms with Gasteiger partial charge in [0.05, 0.1) is 17.0 Å². The Morgan fingerprint density at radius 1 is 1.15 bits per heavy atom. The Labute approximate surface area is 152 Å². The average Bonchev–Trinajstić information content (AvgIpc) is 2.99. The number of hydrogen-bond acceptors (Lipinski definition) is 5. The van der Waals surface area contributed by atoms with E-state index in [9.17, 15) is 8.42 Å².